The molecule has 0 radical (unpaired) electrons. The standard InChI is InChI=1S/C50H34N2O2Si.C42H30NOSi.C42H29NOSi/c1-55(2,33-21-25-49-41(29-33)39-27-31(19-23-47(39)53-49)51-43-15-7-3-11-35(43)36-12-4-8-16-44(36)51)34-22-26-50-42(30-34)40-28-32(20-24-48(40)54-50)52-45-17-9-5-13-37(45)38-14-6-10-18-46(38)52;1-4-15-31(16-5-1)45(32-17-6-2-7-18-32,33-19-8-3-9-20-33)41-26-14-23-36-37-29-30(27-28-40(37)44-42(36)41)43-38-24-12-10-21-34(38)35-22-11-13-25-39(35)43;1-4-14-31(15-5-1)45(32-16-6-2-7-17-32,33-18-8-3-9-19-33)34-25-27-42-38(29-34)37-28-30(24-26-41(37)44-42)43-39-22-12-10-20-35(39)36-21-11-13-23-40(36)43/h3-30H,1-2H3;1-29,38H;1-29H/q;+1;. The lowest BCUT2D eigenvalue weighted by Gasteiger charge is -2.34. The molecular formula is C134H93N4O4Si3+. The number of para-hydroxylation sites is 8. The van der Waals surface area contributed by atoms with Gasteiger partial charge in [-0.15, -0.1) is 0 Å². The van der Waals surface area contributed by atoms with Crippen molar-refractivity contribution in [1.29, 1.82) is 0 Å². The molecule has 0 saturated carbocycles. The van der Waals surface area contributed by atoms with Gasteiger partial charge in [0.2, 0.25) is 17.1 Å². The average molecular weight is 1910 g/mol. The molecule has 0 N–H and O–H groups in total. The molecule has 2 aliphatic rings. The second kappa shape index (κ2) is 34.2. The molecule has 0 amide bonds. The van der Waals surface area contributed by atoms with Crippen molar-refractivity contribution in [1.82, 2.24) is 18.3 Å². The van der Waals surface area contributed by atoms with E-state index in [4.69, 9.17) is 17.7 Å². The summed E-state index contributed by atoms with van der Waals surface area (Å²) in [5.74, 6) is 0. The molecule has 1 atom stereocenters. The molecule has 145 heavy (non-hydrogen) atoms. The van der Waals surface area contributed by atoms with E-state index < -0.39 is 24.2 Å². The first-order valence-electron chi connectivity index (χ1n) is 49.9. The van der Waals surface area contributed by atoms with E-state index in [1.165, 1.54) is 139 Å². The van der Waals surface area contributed by atoms with Gasteiger partial charge in [-0.05, 0) is 169 Å². The molecule has 8 nitrogen and oxygen atoms in total. The van der Waals surface area contributed by atoms with E-state index in [-0.39, 0.29) is 6.04 Å². The Hall–Kier alpha value is -18.0. The van der Waals surface area contributed by atoms with Gasteiger partial charge in [-0.2, -0.15) is 4.58 Å². The van der Waals surface area contributed by atoms with Crippen molar-refractivity contribution in [3.05, 3.63) is 532 Å². The number of allylic oxidation sites excluding steroid dienone is 2. The molecule has 0 saturated heterocycles. The van der Waals surface area contributed by atoms with Gasteiger partial charge in [-0.25, -0.2) is 0 Å². The van der Waals surface area contributed by atoms with Crippen LogP contribution in [-0.2, 0) is 0 Å². The van der Waals surface area contributed by atoms with Gasteiger partial charge in [0.25, 0.3) is 0 Å². The Morgan fingerprint density at radius 3 is 0.903 bits per heavy atom. The number of rotatable bonds is 14. The third-order valence-corrected chi connectivity index (χ3v) is 44.0. The number of nitrogens with zero attached hydrogens (tertiary/aromatic N) is 4. The molecule has 684 valence electrons. The molecule has 11 heteroatoms. The summed E-state index contributed by atoms with van der Waals surface area (Å²) in [6.45, 7) is 4.90. The zero-order valence-corrected chi connectivity index (χ0v) is 82.7. The number of hydrogen-bond donors (Lipinski definition) is 0. The Kier molecular flexibility index (Phi) is 20.1. The minimum atomic E-state index is -2.76. The minimum Gasteiger partial charge on any atom is -0.456 e. The number of benzene rings is 21. The molecular weight excluding hydrogens is 1810 g/mol. The van der Waals surface area contributed by atoms with Crippen molar-refractivity contribution in [2.24, 2.45) is 0 Å². The number of hydrogen-bond acceptors (Lipinski definition) is 4. The first-order valence-corrected chi connectivity index (χ1v) is 56.9. The van der Waals surface area contributed by atoms with E-state index in [1.807, 2.05) is 0 Å². The Bertz CT molecular complexity index is 9690. The van der Waals surface area contributed by atoms with Gasteiger partial charge in [-0.3, -0.25) is 0 Å². The largest absolute Gasteiger partial charge is 0.456 e. The molecule has 21 aromatic carbocycles. The van der Waals surface area contributed by atoms with Crippen LogP contribution in [0.1, 0.15) is 0 Å². The Balaban J connectivity index is 0.000000106. The van der Waals surface area contributed by atoms with Crippen LogP contribution in [0.2, 0.25) is 13.1 Å². The summed E-state index contributed by atoms with van der Waals surface area (Å²) in [6.07, 6.45) is 8.85. The van der Waals surface area contributed by atoms with Crippen LogP contribution in [0.5, 0.6) is 0 Å². The Labute approximate surface area is 838 Å². The normalized spacial score (nSPS) is 13.3. The Morgan fingerprint density at radius 1 is 0.221 bits per heavy atom. The highest BCUT2D eigenvalue weighted by molar-refractivity contribution is 7.21. The van der Waals surface area contributed by atoms with Gasteiger partial charge >= 0.3 is 0 Å². The zero-order chi connectivity index (χ0) is 96.0. The quantitative estimate of drug-likeness (QED) is 0.0618. The number of aromatic nitrogens is 3. The van der Waals surface area contributed by atoms with E-state index in [1.54, 1.807) is 0 Å². The van der Waals surface area contributed by atoms with E-state index in [0.717, 1.165) is 105 Å². The molecule has 0 fully saturated rings. The smallest absolute Gasteiger partial charge is 0.214 e. The van der Waals surface area contributed by atoms with Crippen LogP contribution in [0.3, 0.4) is 0 Å². The van der Waals surface area contributed by atoms with E-state index >= 15 is 0 Å². The maximum Gasteiger partial charge on any atom is 0.214 e. The lowest BCUT2D eigenvalue weighted by atomic mass is 10.0. The van der Waals surface area contributed by atoms with Crippen molar-refractivity contribution in [2.75, 3.05) is 0 Å². The van der Waals surface area contributed by atoms with Crippen LogP contribution in [0.4, 0.5) is 5.69 Å². The summed E-state index contributed by atoms with van der Waals surface area (Å²) < 4.78 is 35.9. The monoisotopic (exact) mass is 1910 g/mol. The second-order valence-corrected chi connectivity index (χ2v) is 50.9. The molecule has 0 spiro atoms. The summed E-state index contributed by atoms with van der Waals surface area (Å²) in [5.41, 5.74) is 20.5. The third kappa shape index (κ3) is 13.5. The maximum atomic E-state index is 6.93. The highest BCUT2D eigenvalue weighted by atomic mass is 28.3. The maximum absolute atomic E-state index is 6.93. The van der Waals surface area contributed by atoms with Crippen molar-refractivity contribution in [3.8, 4) is 17.1 Å². The molecule has 28 aromatic rings. The zero-order valence-electron chi connectivity index (χ0n) is 79.7. The predicted molar refractivity (Wildman–Crippen MR) is 614 cm³/mol. The van der Waals surface area contributed by atoms with Crippen LogP contribution in [-0.4, -0.2) is 44.0 Å². The van der Waals surface area contributed by atoms with Crippen LogP contribution in [0, 0.1) is 0 Å². The van der Waals surface area contributed by atoms with E-state index in [2.05, 4.69) is 553 Å². The third-order valence-electron chi connectivity index (χ3n) is 30.9. The molecule has 1 aliphatic heterocycles. The van der Waals surface area contributed by atoms with Crippen molar-refractivity contribution < 1.29 is 17.7 Å². The Morgan fingerprint density at radius 2 is 0.517 bits per heavy atom. The summed E-state index contributed by atoms with van der Waals surface area (Å²) in [4.78, 5) is 0. The van der Waals surface area contributed by atoms with E-state index in [9.17, 15) is 0 Å². The highest BCUT2D eigenvalue weighted by Crippen LogP contribution is 2.42. The van der Waals surface area contributed by atoms with Gasteiger partial charge in [0.15, 0.2) is 16.1 Å². The second-order valence-electron chi connectivity index (χ2n) is 38.9. The minimum absolute atomic E-state index is 0.174. The van der Waals surface area contributed by atoms with Gasteiger partial charge in [-0.1, -0.05) is 400 Å². The summed E-state index contributed by atoms with van der Waals surface area (Å²) in [5, 5.41) is 32.7. The van der Waals surface area contributed by atoms with Gasteiger partial charge in [0.1, 0.15) is 52.7 Å². The molecule has 1 aliphatic carbocycles. The van der Waals surface area contributed by atoms with Crippen molar-refractivity contribution in [2.45, 2.75) is 19.1 Å². The van der Waals surface area contributed by atoms with Gasteiger partial charge in [0, 0.05) is 116 Å². The topological polar surface area (TPSA) is 70.4 Å². The van der Waals surface area contributed by atoms with Crippen LogP contribution in [0.15, 0.2) is 539 Å². The van der Waals surface area contributed by atoms with Crippen molar-refractivity contribution >= 4 is 241 Å². The average Bonchev–Trinajstić information content (AvgIpc) is 1.68. The first-order chi connectivity index (χ1) is 71.7. The fourth-order valence-electron chi connectivity index (χ4n) is 24.2. The molecule has 0 bridgehead atoms. The van der Waals surface area contributed by atoms with Gasteiger partial charge < -0.3 is 31.4 Å². The van der Waals surface area contributed by atoms with Crippen LogP contribution >= 0.6 is 0 Å². The molecule has 30 rings (SSSR count). The van der Waals surface area contributed by atoms with Gasteiger partial charge in [0.05, 0.1) is 38.3 Å². The fraction of sp³-hybridized carbons (Fsp3) is 0.0224. The highest BCUT2D eigenvalue weighted by Gasteiger charge is 2.45. The SMILES string of the molecule is C1=CC2=c3ccccc3=[N+](c3ccc4oc5c([Si](c6ccccc6)(c6ccccc6)c6ccccc6)cccc5c4c3)C2C=C1.C[Si](C)(c1ccc2oc3ccc(-n4c5ccccc5c5ccccc54)cc3c2c1)c1ccc2oc3ccc(-n4c5ccccc5c5ccccc54)cc3c2c1.c1ccc([Si](c2ccccc2)(c2ccccc2)c2ccc3oc4ccc(-n5c6ccccc6c6ccccc65)cc4c3c2)cc1. The lowest BCUT2D eigenvalue weighted by molar-refractivity contribution is 0.668. The lowest BCUT2D eigenvalue weighted by Crippen LogP contribution is -2.74. The summed E-state index contributed by atoms with van der Waals surface area (Å²) in [7, 11) is -7.61. The van der Waals surface area contributed by atoms with Crippen LogP contribution < -0.4 is 67.0 Å². The van der Waals surface area contributed by atoms with Crippen molar-refractivity contribution in [3.63, 3.8) is 0 Å². The summed E-state index contributed by atoms with van der Waals surface area (Å²) in [6, 6.07) is 181. The predicted octanol–water partition coefficient (Wildman–Crippen LogP) is 26.0. The number of fused-ring (bicyclic) bond motifs is 23. The van der Waals surface area contributed by atoms with Crippen LogP contribution in [0.25, 0.3) is 176 Å². The fourth-order valence-corrected chi connectivity index (χ4v) is 36.2. The summed E-state index contributed by atoms with van der Waals surface area (Å²) >= 11 is 0. The van der Waals surface area contributed by atoms with E-state index in [0.29, 0.717) is 0 Å². The molecule has 1 unspecified atom stereocenters. The number of furan rings is 4. The molecule has 8 heterocycles. The molecule has 7 aromatic heterocycles. The first kappa shape index (κ1) is 85.0.